The molecule has 0 unspecified atom stereocenters. The Morgan fingerprint density at radius 2 is 1.94 bits per heavy atom. The molecule has 0 saturated heterocycles. The predicted molar refractivity (Wildman–Crippen MR) is 69.6 cm³/mol. The van der Waals surface area contributed by atoms with Gasteiger partial charge in [0.25, 0.3) is 0 Å². The van der Waals surface area contributed by atoms with Gasteiger partial charge in [-0.05, 0) is 25.3 Å². The lowest BCUT2D eigenvalue weighted by molar-refractivity contribution is 0.112. The summed E-state index contributed by atoms with van der Waals surface area (Å²) in [6.07, 6.45) is 5.18. The lowest BCUT2D eigenvalue weighted by Crippen LogP contribution is -1.97. The van der Waals surface area contributed by atoms with E-state index in [2.05, 4.69) is 9.97 Å². The van der Waals surface area contributed by atoms with Crippen LogP contribution in [0.4, 0.5) is 0 Å². The van der Waals surface area contributed by atoms with Crippen LogP contribution in [0.15, 0.2) is 30.5 Å². The minimum atomic E-state index is 0.579. The average molecular weight is 238 g/mol. The van der Waals surface area contributed by atoms with Crippen molar-refractivity contribution in [1.82, 2.24) is 9.97 Å². The Kier molecular flexibility index (Phi) is 2.67. The maximum Gasteiger partial charge on any atom is 0.150 e. The molecule has 3 heteroatoms. The first-order valence-electron chi connectivity index (χ1n) is 6.17. The van der Waals surface area contributed by atoms with E-state index in [1.54, 1.807) is 0 Å². The highest BCUT2D eigenvalue weighted by Crippen LogP contribution is 2.38. The summed E-state index contributed by atoms with van der Waals surface area (Å²) in [7, 11) is 0. The molecule has 0 N–H and O–H groups in total. The van der Waals surface area contributed by atoms with E-state index in [-0.39, 0.29) is 0 Å². The van der Waals surface area contributed by atoms with Crippen LogP contribution in [0.1, 0.15) is 40.6 Å². The number of aromatic nitrogens is 2. The fourth-order valence-corrected chi connectivity index (χ4v) is 2.05. The van der Waals surface area contributed by atoms with Gasteiger partial charge in [0.15, 0.2) is 0 Å². The van der Waals surface area contributed by atoms with Crippen molar-refractivity contribution in [3.05, 3.63) is 47.5 Å². The second kappa shape index (κ2) is 4.33. The van der Waals surface area contributed by atoms with E-state index in [0.717, 1.165) is 28.9 Å². The summed E-state index contributed by atoms with van der Waals surface area (Å²) >= 11 is 0. The third-order valence-corrected chi connectivity index (χ3v) is 3.30. The molecule has 2 aromatic rings. The summed E-state index contributed by atoms with van der Waals surface area (Å²) < 4.78 is 0. The molecule has 0 amide bonds. The van der Waals surface area contributed by atoms with Crippen LogP contribution in [0.3, 0.4) is 0 Å². The number of hydrogen-bond acceptors (Lipinski definition) is 3. The SMILES string of the molecule is Cc1nc(C2CC2)ncc1-c1ccc(C=O)cc1. The molecule has 1 heterocycles. The van der Waals surface area contributed by atoms with Gasteiger partial charge in [-0.25, -0.2) is 9.97 Å². The standard InChI is InChI=1S/C15H14N2O/c1-10-14(8-16-15(17-10)13-6-7-13)12-4-2-11(9-18)3-5-12/h2-5,8-9,13H,6-7H2,1H3. The van der Waals surface area contributed by atoms with Crippen molar-refractivity contribution in [3.8, 4) is 11.1 Å². The summed E-state index contributed by atoms with van der Waals surface area (Å²) in [5.74, 6) is 1.55. The molecule has 3 nitrogen and oxygen atoms in total. The topological polar surface area (TPSA) is 42.9 Å². The van der Waals surface area contributed by atoms with E-state index in [1.807, 2.05) is 37.4 Å². The lowest BCUT2D eigenvalue weighted by atomic mass is 10.0. The Labute approximate surface area is 106 Å². The molecular formula is C15H14N2O. The summed E-state index contributed by atoms with van der Waals surface area (Å²) in [4.78, 5) is 19.6. The van der Waals surface area contributed by atoms with Gasteiger partial charge in [-0.2, -0.15) is 0 Å². The van der Waals surface area contributed by atoms with Crippen molar-refractivity contribution in [2.45, 2.75) is 25.7 Å². The number of aldehydes is 1. The molecule has 0 aliphatic heterocycles. The average Bonchev–Trinajstić information content (AvgIpc) is 3.23. The van der Waals surface area contributed by atoms with Crippen LogP contribution in [0, 0.1) is 6.92 Å². The molecule has 0 atom stereocenters. The maximum atomic E-state index is 10.6. The summed E-state index contributed by atoms with van der Waals surface area (Å²) in [6.45, 7) is 2.01. The van der Waals surface area contributed by atoms with Crippen molar-refractivity contribution >= 4 is 6.29 Å². The van der Waals surface area contributed by atoms with Gasteiger partial charge in [0.1, 0.15) is 12.1 Å². The summed E-state index contributed by atoms with van der Waals surface area (Å²) in [5, 5.41) is 0. The molecule has 3 rings (SSSR count). The molecule has 1 saturated carbocycles. The minimum absolute atomic E-state index is 0.579. The van der Waals surface area contributed by atoms with Crippen LogP contribution >= 0.6 is 0 Å². The van der Waals surface area contributed by atoms with E-state index in [0.29, 0.717) is 11.5 Å². The van der Waals surface area contributed by atoms with Crippen LogP contribution in [0.5, 0.6) is 0 Å². The molecule has 1 fully saturated rings. The van der Waals surface area contributed by atoms with Crippen LogP contribution in [-0.4, -0.2) is 16.3 Å². The first kappa shape index (κ1) is 11.1. The largest absolute Gasteiger partial charge is 0.298 e. The second-order valence-electron chi connectivity index (χ2n) is 4.74. The molecule has 1 aromatic carbocycles. The van der Waals surface area contributed by atoms with Gasteiger partial charge in [-0.3, -0.25) is 4.79 Å². The molecule has 1 aliphatic rings. The van der Waals surface area contributed by atoms with Gasteiger partial charge >= 0.3 is 0 Å². The van der Waals surface area contributed by atoms with Gasteiger partial charge in [-0.15, -0.1) is 0 Å². The molecule has 90 valence electrons. The highest BCUT2D eigenvalue weighted by atomic mass is 16.1. The number of benzene rings is 1. The highest BCUT2D eigenvalue weighted by molar-refractivity contribution is 5.77. The Morgan fingerprint density at radius 1 is 1.22 bits per heavy atom. The summed E-state index contributed by atoms with van der Waals surface area (Å²) in [6, 6.07) is 7.51. The normalized spacial score (nSPS) is 14.5. The minimum Gasteiger partial charge on any atom is -0.298 e. The predicted octanol–water partition coefficient (Wildman–Crippen LogP) is 3.14. The van der Waals surface area contributed by atoms with Crippen LogP contribution in [0.25, 0.3) is 11.1 Å². The Bertz CT molecular complexity index is 586. The van der Waals surface area contributed by atoms with Crippen molar-refractivity contribution in [2.24, 2.45) is 0 Å². The van der Waals surface area contributed by atoms with E-state index in [9.17, 15) is 4.79 Å². The zero-order chi connectivity index (χ0) is 12.5. The van der Waals surface area contributed by atoms with E-state index >= 15 is 0 Å². The van der Waals surface area contributed by atoms with Gasteiger partial charge in [0.05, 0.1) is 0 Å². The van der Waals surface area contributed by atoms with Gasteiger partial charge < -0.3 is 0 Å². The fourth-order valence-electron chi connectivity index (χ4n) is 2.05. The first-order chi connectivity index (χ1) is 8.78. The lowest BCUT2D eigenvalue weighted by Gasteiger charge is -2.06. The molecule has 0 bridgehead atoms. The summed E-state index contributed by atoms with van der Waals surface area (Å²) in [5.41, 5.74) is 3.79. The van der Waals surface area contributed by atoms with Crippen molar-refractivity contribution in [1.29, 1.82) is 0 Å². The number of carbonyl (C=O) groups is 1. The monoisotopic (exact) mass is 238 g/mol. The zero-order valence-corrected chi connectivity index (χ0v) is 10.3. The van der Waals surface area contributed by atoms with E-state index in [4.69, 9.17) is 0 Å². The molecule has 0 radical (unpaired) electrons. The number of carbonyl (C=O) groups excluding carboxylic acids is 1. The van der Waals surface area contributed by atoms with E-state index < -0.39 is 0 Å². The second-order valence-corrected chi connectivity index (χ2v) is 4.74. The fraction of sp³-hybridized carbons (Fsp3) is 0.267. The van der Waals surface area contributed by atoms with Crippen molar-refractivity contribution < 1.29 is 4.79 Å². The third-order valence-electron chi connectivity index (χ3n) is 3.30. The quantitative estimate of drug-likeness (QED) is 0.771. The Balaban J connectivity index is 1.97. The molecule has 18 heavy (non-hydrogen) atoms. The number of nitrogens with zero attached hydrogens (tertiary/aromatic N) is 2. The maximum absolute atomic E-state index is 10.6. The molecular weight excluding hydrogens is 224 g/mol. The van der Waals surface area contributed by atoms with E-state index in [1.165, 1.54) is 12.8 Å². The first-order valence-corrected chi connectivity index (χ1v) is 6.17. The smallest absolute Gasteiger partial charge is 0.150 e. The Hall–Kier alpha value is -2.03. The highest BCUT2D eigenvalue weighted by Gasteiger charge is 2.26. The number of aryl methyl sites for hydroxylation is 1. The third kappa shape index (κ3) is 2.04. The molecule has 0 spiro atoms. The molecule has 1 aliphatic carbocycles. The number of hydrogen-bond donors (Lipinski definition) is 0. The van der Waals surface area contributed by atoms with Gasteiger partial charge in [-0.1, -0.05) is 24.3 Å². The van der Waals surface area contributed by atoms with Crippen LogP contribution in [-0.2, 0) is 0 Å². The van der Waals surface area contributed by atoms with Crippen molar-refractivity contribution in [2.75, 3.05) is 0 Å². The van der Waals surface area contributed by atoms with Crippen molar-refractivity contribution in [3.63, 3.8) is 0 Å². The zero-order valence-electron chi connectivity index (χ0n) is 10.3. The molecule has 1 aromatic heterocycles. The van der Waals surface area contributed by atoms with Gasteiger partial charge in [0.2, 0.25) is 0 Å². The number of rotatable bonds is 3. The van der Waals surface area contributed by atoms with Crippen LogP contribution in [0.2, 0.25) is 0 Å². The van der Waals surface area contributed by atoms with Crippen LogP contribution < -0.4 is 0 Å². The van der Waals surface area contributed by atoms with Gasteiger partial charge in [0, 0.05) is 28.9 Å². The Morgan fingerprint density at radius 3 is 2.50 bits per heavy atom.